The predicted molar refractivity (Wildman–Crippen MR) is 69.1 cm³/mol. The Hall–Kier alpha value is -1.64. The van der Waals surface area contributed by atoms with Crippen LogP contribution in [0, 0.1) is 0 Å². The molecule has 1 atom stereocenters. The second-order valence-electron chi connectivity index (χ2n) is 4.58. The molecule has 7 nitrogen and oxygen atoms in total. The Morgan fingerprint density at radius 1 is 1.40 bits per heavy atom. The molecule has 8 heteroatoms. The minimum absolute atomic E-state index is 0.201. The van der Waals surface area contributed by atoms with Gasteiger partial charge in [0, 0.05) is 12.6 Å². The summed E-state index contributed by atoms with van der Waals surface area (Å²) in [4.78, 5) is 10.7. The maximum absolute atomic E-state index is 12.4. The number of aromatic hydroxyl groups is 1. The minimum atomic E-state index is -3.87. The molecular formula is C12H15NO6S. The normalized spacial score (nSPS) is 20.1. The van der Waals surface area contributed by atoms with Crippen molar-refractivity contribution >= 4 is 16.0 Å². The van der Waals surface area contributed by atoms with Crippen molar-refractivity contribution < 1.29 is 28.5 Å². The van der Waals surface area contributed by atoms with E-state index in [1.807, 2.05) is 0 Å². The van der Waals surface area contributed by atoms with Crippen molar-refractivity contribution in [1.82, 2.24) is 4.31 Å². The first kappa shape index (κ1) is 14.8. The van der Waals surface area contributed by atoms with E-state index in [0.29, 0.717) is 12.8 Å². The van der Waals surface area contributed by atoms with Crippen LogP contribution in [0.25, 0.3) is 0 Å². The minimum Gasteiger partial charge on any atom is -0.507 e. The average molecular weight is 301 g/mol. The van der Waals surface area contributed by atoms with Crippen molar-refractivity contribution in [3.63, 3.8) is 0 Å². The maximum Gasteiger partial charge on any atom is 0.339 e. The Bertz CT molecular complexity index is 627. The van der Waals surface area contributed by atoms with Crippen LogP contribution in [0.4, 0.5) is 0 Å². The number of aliphatic hydroxyl groups excluding tert-OH is 1. The van der Waals surface area contributed by atoms with E-state index in [4.69, 9.17) is 5.11 Å². The highest BCUT2D eigenvalue weighted by Gasteiger charge is 2.35. The zero-order chi connectivity index (χ0) is 14.9. The van der Waals surface area contributed by atoms with Gasteiger partial charge in [-0.1, -0.05) is 0 Å². The number of aliphatic hydroxyl groups is 1. The predicted octanol–water partition coefficient (Wildman–Crippen LogP) is 0.236. The third-order valence-corrected chi connectivity index (χ3v) is 5.29. The molecule has 0 unspecified atom stereocenters. The molecule has 2 rings (SSSR count). The molecule has 0 bridgehead atoms. The standard InChI is InChI=1S/C12H15NO6S/c14-7-8-2-1-5-13(8)20(18,19)9-3-4-11(15)10(6-9)12(16)17/h3-4,6,8,14-15H,1-2,5,7H2,(H,16,17)/t8-/m0/s1. The molecular weight excluding hydrogens is 286 g/mol. The summed E-state index contributed by atoms with van der Waals surface area (Å²) >= 11 is 0. The molecule has 1 aliphatic rings. The van der Waals surface area contributed by atoms with E-state index < -0.39 is 33.3 Å². The Balaban J connectivity index is 2.44. The summed E-state index contributed by atoms with van der Waals surface area (Å²) in [7, 11) is -3.87. The number of sulfonamides is 1. The first-order chi connectivity index (χ1) is 9.37. The molecule has 1 aromatic rings. The lowest BCUT2D eigenvalue weighted by atomic mass is 10.2. The highest BCUT2D eigenvalue weighted by atomic mass is 32.2. The quantitative estimate of drug-likeness (QED) is 0.733. The van der Waals surface area contributed by atoms with E-state index in [-0.39, 0.29) is 18.0 Å². The van der Waals surface area contributed by atoms with E-state index in [1.54, 1.807) is 0 Å². The van der Waals surface area contributed by atoms with Gasteiger partial charge in [0.15, 0.2) is 0 Å². The number of carboxylic acids is 1. The van der Waals surface area contributed by atoms with Crippen molar-refractivity contribution in [2.24, 2.45) is 0 Å². The van der Waals surface area contributed by atoms with Crippen molar-refractivity contribution in [3.8, 4) is 5.75 Å². The molecule has 1 aliphatic heterocycles. The summed E-state index contributed by atoms with van der Waals surface area (Å²) in [5, 5.41) is 27.5. The average Bonchev–Trinajstić information content (AvgIpc) is 2.87. The highest BCUT2D eigenvalue weighted by molar-refractivity contribution is 7.89. The Kier molecular flexibility index (Phi) is 3.98. The Labute approximate surface area is 116 Å². The van der Waals surface area contributed by atoms with Crippen LogP contribution in [-0.4, -0.2) is 53.2 Å². The van der Waals surface area contributed by atoms with Crippen LogP contribution >= 0.6 is 0 Å². The molecule has 0 radical (unpaired) electrons. The molecule has 0 spiro atoms. The molecule has 1 heterocycles. The molecule has 1 aromatic carbocycles. The van der Waals surface area contributed by atoms with Gasteiger partial charge in [0.2, 0.25) is 10.0 Å². The first-order valence-electron chi connectivity index (χ1n) is 6.07. The molecule has 0 amide bonds. The Morgan fingerprint density at radius 2 is 2.10 bits per heavy atom. The largest absolute Gasteiger partial charge is 0.507 e. The smallest absolute Gasteiger partial charge is 0.339 e. The lowest BCUT2D eigenvalue weighted by Crippen LogP contribution is -2.37. The van der Waals surface area contributed by atoms with Gasteiger partial charge in [0.1, 0.15) is 11.3 Å². The van der Waals surface area contributed by atoms with Gasteiger partial charge >= 0.3 is 5.97 Å². The van der Waals surface area contributed by atoms with Gasteiger partial charge in [-0.25, -0.2) is 13.2 Å². The molecule has 0 aliphatic carbocycles. The topological polar surface area (TPSA) is 115 Å². The summed E-state index contributed by atoms with van der Waals surface area (Å²) in [6.45, 7) is 0.0138. The number of rotatable bonds is 4. The zero-order valence-corrected chi connectivity index (χ0v) is 11.4. The van der Waals surface area contributed by atoms with E-state index in [1.165, 1.54) is 4.31 Å². The van der Waals surface area contributed by atoms with E-state index in [9.17, 15) is 23.4 Å². The van der Waals surface area contributed by atoms with Crippen molar-refractivity contribution in [3.05, 3.63) is 23.8 Å². The number of carboxylic acid groups (broad SMARTS) is 1. The number of hydrogen-bond donors (Lipinski definition) is 3. The summed E-state index contributed by atoms with van der Waals surface area (Å²) in [6.07, 6.45) is 1.22. The van der Waals surface area contributed by atoms with Gasteiger partial charge in [-0.2, -0.15) is 4.31 Å². The lowest BCUT2D eigenvalue weighted by Gasteiger charge is -2.22. The van der Waals surface area contributed by atoms with Crippen LogP contribution in [0.15, 0.2) is 23.1 Å². The molecule has 0 aromatic heterocycles. The lowest BCUT2D eigenvalue weighted by molar-refractivity contribution is 0.0693. The molecule has 0 saturated carbocycles. The molecule has 110 valence electrons. The number of carbonyl (C=O) groups is 1. The third kappa shape index (κ3) is 2.49. The van der Waals surface area contributed by atoms with Crippen LogP contribution in [0.5, 0.6) is 5.75 Å². The zero-order valence-electron chi connectivity index (χ0n) is 10.6. The summed E-state index contributed by atoms with van der Waals surface area (Å²) in [5.74, 6) is -1.89. The molecule has 3 N–H and O–H groups in total. The van der Waals surface area contributed by atoms with Crippen LogP contribution < -0.4 is 0 Å². The number of hydrogen-bond acceptors (Lipinski definition) is 5. The molecule has 20 heavy (non-hydrogen) atoms. The van der Waals surface area contributed by atoms with Gasteiger partial charge in [-0.3, -0.25) is 0 Å². The van der Waals surface area contributed by atoms with Crippen LogP contribution in [0.1, 0.15) is 23.2 Å². The SMILES string of the molecule is O=C(O)c1cc(S(=O)(=O)N2CCC[C@H]2CO)ccc1O. The monoisotopic (exact) mass is 301 g/mol. The molecule has 1 saturated heterocycles. The van der Waals surface area contributed by atoms with Crippen LogP contribution in [0.2, 0.25) is 0 Å². The summed E-state index contributed by atoms with van der Waals surface area (Å²) in [5.41, 5.74) is -0.467. The van der Waals surface area contributed by atoms with Crippen LogP contribution in [-0.2, 0) is 10.0 Å². The highest BCUT2D eigenvalue weighted by Crippen LogP contribution is 2.28. The maximum atomic E-state index is 12.4. The van der Waals surface area contributed by atoms with Crippen molar-refractivity contribution in [1.29, 1.82) is 0 Å². The number of benzene rings is 1. The van der Waals surface area contributed by atoms with Crippen molar-refractivity contribution in [2.45, 2.75) is 23.8 Å². The number of aromatic carboxylic acids is 1. The van der Waals surface area contributed by atoms with Gasteiger partial charge in [0.05, 0.1) is 11.5 Å². The van der Waals surface area contributed by atoms with Gasteiger partial charge < -0.3 is 15.3 Å². The van der Waals surface area contributed by atoms with E-state index >= 15 is 0 Å². The summed E-state index contributed by atoms with van der Waals surface area (Å²) < 4.78 is 26.0. The fourth-order valence-electron chi connectivity index (χ4n) is 2.29. The fourth-order valence-corrected chi connectivity index (χ4v) is 4.00. The second-order valence-corrected chi connectivity index (χ2v) is 6.47. The summed E-state index contributed by atoms with van der Waals surface area (Å²) in [6, 6.07) is 2.64. The second kappa shape index (κ2) is 5.39. The Morgan fingerprint density at radius 3 is 2.70 bits per heavy atom. The third-order valence-electron chi connectivity index (χ3n) is 3.34. The fraction of sp³-hybridized carbons (Fsp3) is 0.417. The first-order valence-corrected chi connectivity index (χ1v) is 7.51. The van der Waals surface area contributed by atoms with Gasteiger partial charge in [0.25, 0.3) is 0 Å². The number of nitrogens with zero attached hydrogens (tertiary/aromatic N) is 1. The number of phenols is 1. The molecule has 1 fully saturated rings. The van der Waals surface area contributed by atoms with Crippen molar-refractivity contribution in [2.75, 3.05) is 13.2 Å². The van der Waals surface area contributed by atoms with Crippen LogP contribution in [0.3, 0.4) is 0 Å². The van der Waals surface area contributed by atoms with E-state index in [0.717, 1.165) is 18.2 Å². The van der Waals surface area contributed by atoms with Gasteiger partial charge in [-0.05, 0) is 31.0 Å². The van der Waals surface area contributed by atoms with Gasteiger partial charge in [-0.15, -0.1) is 0 Å². The van der Waals surface area contributed by atoms with E-state index in [2.05, 4.69) is 0 Å².